The van der Waals surface area contributed by atoms with Gasteiger partial charge in [0.2, 0.25) is 5.91 Å². The van der Waals surface area contributed by atoms with Crippen LogP contribution < -0.4 is 16.0 Å². The summed E-state index contributed by atoms with van der Waals surface area (Å²) >= 11 is 0. The zero-order valence-corrected chi connectivity index (χ0v) is 14.8. The molecular formula is C21H18FN3O3. The van der Waals surface area contributed by atoms with Crippen molar-refractivity contribution in [3.8, 4) is 0 Å². The molecule has 0 atom stereocenters. The third-order valence-corrected chi connectivity index (χ3v) is 3.73. The number of carbonyl (C=O) groups excluding carboxylic acids is 2. The predicted octanol–water partition coefficient (Wildman–Crippen LogP) is 4.39. The average molecular weight is 379 g/mol. The molecule has 0 unspecified atom stereocenters. The molecule has 0 spiro atoms. The lowest BCUT2D eigenvalue weighted by atomic mass is 10.2. The summed E-state index contributed by atoms with van der Waals surface area (Å²) in [6.45, 7) is 0.279. The number of hydrogen-bond donors (Lipinski definition) is 3. The Balaban J connectivity index is 1.49. The van der Waals surface area contributed by atoms with Gasteiger partial charge < -0.3 is 20.4 Å². The Morgan fingerprint density at radius 1 is 0.929 bits per heavy atom. The standard InChI is InChI=1S/C21H18FN3O3/c22-19-6-2-1-4-15(19)7-12-20(26)24-16-8-10-17(11-9-16)25-21(27)23-14-18-5-3-13-28-18/h1-13H,14H2,(H,24,26)(H2,23,25,27)/b12-7+. The molecule has 0 saturated heterocycles. The lowest BCUT2D eigenvalue weighted by Gasteiger charge is -2.08. The summed E-state index contributed by atoms with van der Waals surface area (Å²) in [6, 6.07) is 15.9. The first-order chi connectivity index (χ1) is 13.6. The van der Waals surface area contributed by atoms with Crippen molar-refractivity contribution in [3.05, 3.63) is 90.1 Å². The van der Waals surface area contributed by atoms with Crippen LogP contribution in [0.4, 0.5) is 20.6 Å². The molecule has 3 amide bonds. The van der Waals surface area contributed by atoms with Gasteiger partial charge in [0.1, 0.15) is 11.6 Å². The number of amides is 3. The summed E-state index contributed by atoms with van der Waals surface area (Å²) < 4.78 is 18.7. The zero-order valence-electron chi connectivity index (χ0n) is 14.8. The summed E-state index contributed by atoms with van der Waals surface area (Å²) in [4.78, 5) is 23.8. The Morgan fingerprint density at radius 2 is 1.64 bits per heavy atom. The number of urea groups is 1. The summed E-state index contributed by atoms with van der Waals surface area (Å²) in [7, 11) is 0. The van der Waals surface area contributed by atoms with Crippen molar-refractivity contribution in [2.75, 3.05) is 10.6 Å². The van der Waals surface area contributed by atoms with Gasteiger partial charge in [-0.05, 0) is 48.5 Å². The number of hydrogen-bond acceptors (Lipinski definition) is 3. The number of anilines is 2. The molecule has 0 aliphatic rings. The van der Waals surface area contributed by atoms with E-state index in [1.54, 1.807) is 54.6 Å². The third-order valence-electron chi connectivity index (χ3n) is 3.73. The number of furan rings is 1. The van der Waals surface area contributed by atoms with Crippen LogP contribution in [0.15, 0.2) is 77.4 Å². The maximum Gasteiger partial charge on any atom is 0.319 e. The number of halogens is 1. The summed E-state index contributed by atoms with van der Waals surface area (Å²) in [6.07, 6.45) is 4.20. The lowest BCUT2D eigenvalue weighted by molar-refractivity contribution is -0.111. The fourth-order valence-corrected chi connectivity index (χ4v) is 2.35. The fourth-order valence-electron chi connectivity index (χ4n) is 2.35. The van der Waals surface area contributed by atoms with E-state index in [-0.39, 0.29) is 18.5 Å². The van der Waals surface area contributed by atoms with E-state index in [0.29, 0.717) is 22.7 Å². The maximum atomic E-state index is 13.5. The molecule has 7 heteroatoms. The summed E-state index contributed by atoms with van der Waals surface area (Å²) in [5.41, 5.74) is 1.44. The second-order valence-corrected chi connectivity index (χ2v) is 5.81. The maximum absolute atomic E-state index is 13.5. The molecule has 2 aromatic carbocycles. The van der Waals surface area contributed by atoms with Crippen LogP contribution in [0.5, 0.6) is 0 Å². The Morgan fingerprint density at radius 3 is 2.32 bits per heavy atom. The van der Waals surface area contributed by atoms with Crippen LogP contribution in [0.25, 0.3) is 6.08 Å². The van der Waals surface area contributed by atoms with Gasteiger partial charge in [0.25, 0.3) is 0 Å². The van der Waals surface area contributed by atoms with Crippen LogP contribution in [-0.4, -0.2) is 11.9 Å². The highest BCUT2D eigenvalue weighted by Crippen LogP contribution is 2.14. The van der Waals surface area contributed by atoms with Crippen molar-refractivity contribution in [2.24, 2.45) is 0 Å². The third kappa shape index (κ3) is 5.57. The number of rotatable bonds is 6. The lowest BCUT2D eigenvalue weighted by Crippen LogP contribution is -2.27. The predicted molar refractivity (Wildman–Crippen MR) is 105 cm³/mol. The van der Waals surface area contributed by atoms with E-state index in [4.69, 9.17) is 4.42 Å². The van der Waals surface area contributed by atoms with Gasteiger partial charge in [0, 0.05) is 23.0 Å². The Kier molecular flexibility index (Phi) is 6.20. The van der Waals surface area contributed by atoms with Gasteiger partial charge in [-0.25, -0.2) is 9.18 Å². The van der Waals surface area contributed by atoms with E-state index in [0.717, 1.165) is 0 Å². The van der Waals surface area contributed by atoms with Crippen LogP contribution in [0.1, 0.15) is 11.3 Å². The first-order valence-corrected chi connectivity index (χ1v) is 8.51. The molecule has 0 aliphatic heterocycles. The Hall–Kier alpha value is -3.87. The topological polar surface area (TPSA) is 83.4 Å². The Labute approximate surface area is 161 Å². The minimum absolute atomic E-state index is 0.279. The van der Waals surface area contributed by atoms with Gasteiger partial charge in [-0.2, -0.15) is 0 Å². The highest BCUT2D eigenvalue weighted by Gasteiger charge is 2.04. The van der Waals surface area contributed by atoms with Crippen LogP contribution >= 0.6 is 0 Å². The molecule has 0 saturated carbocycles. The van der Waals surface area contributed by atoms with Crippen molar-refractivity contribution in [3.63, 3.8) is 0 Å². The summed E-state index contributed by atoms with van der Waals surface area (Å²) in [5.74, 6) is -0.135. The molecule has 1 heterocycles. The van der Waals surface area contributed by atoms with E-state index in [1.165, 1.54) is 24.5 Å². The molecule has 142 valence electrons. The van der Waals surface area contributed by atoms with Crippen molar-refractivity contribution >= 4 is 29.4 Å². The molecule has 28 heavy (non-hydrogen) atoms. The van der Waals surface area contributed by atoms with Crippen molar-refractivity contribution in [1.82, 2.24) is 5.32 Å². The smallest absolute Gasteiger partial charge is 0.319 e. The van der Waals surface area contributed by atoms with Crippen LogP contribution in [0.3, 0.4) is 0 Å². The number of carbonyl (C=O) groups is 2. The molecular weight excluding hydrogens is 361 g/mol. The zero-order chi connectivity index (χ0) is 19.8. The van der Waals surface area contributed by atoms with Gasteiger partial charge in [-0.15, -0.1) is 0 Å². The van der Waals surface area contributed by atoms with Gasteiger partial charge >= 0.3 is 6.03 Å². The highest BCUT2D eigenvalue weighted by atomic mass is 19.1. The molecule has 3 N–H and O–H groups in total. The Bertz CT molecular complexity index is 967. The van der Waals surface area contributed by atoms with Gasteiger partial charge in [0.05, 0.1) is 12.8 Å². The van der Waals surface area contributed by atoms with E-state index in [9.17, 15) is 14.0 Å². The van der Waals surface area contributed by atoms with Gasteiger partial charge in [0.15, 0.2) is 0 Å². The van der Waals surface area contributed by atoms with Crippen LogP contribution in [0, 0.1) is 5.82 Å². The van der Waals surface area contributed by atoms with Crippen molar-refractivity contribution < 1.29 is 18.4 Å². The average Bonchev–Trinajstić information content (AvgIpc) is 3.21. The molecule has 3 aromatic rings. The first kappa shape index (κ1) is 18.9. The summed E-state index contributed by atoms with van der Waals surface area (Å²) in [5, 5.41) is 8.01. The monoisotopic (exact) mass is 379 g/mol. The minimum Gasteiger partial charge on any atom is -0.467 e. The molecule has 0 fully saturated rings. The van der Waals surface area contributed by atoms with E-state index >= 15 is 0 Å². The molecule has 0 radical (unpaired) electrons. The largest absolute Gasteiger partial charge is 0.467 e. The van der Waals surface area contributed by atoms with Crippen molar-refractivity contribution in [1.29, 1.82) is 0 Å². The number of nitrogens with one attached hydrogen (secondary N) is 3. The second kappa shape index (κ2) is 9.18. The highest BCUT2D eigenvalue weighted by molar-refractivity contribution is 6.02. The molecule has 0 aliphatic carbocycles. The minimum atomic E-state index is -0.396. The normalized spacial score (nSPS) is 10.6. The van der Waals surface area contributed by atoms with E-state index < -0.39 is 5.82 Å². The van der Waals surface area contributed by atoms with Crippen molar-refractivity contribution in [2.45, 2.75) is 6.54 Å². The van der Waals surface area contributed by atoms with Gasteiger partial charge in [-0.3, -0.25) is 4.79 Å². The van der Waals surface area contributed by atoms with Crippen LogP contribution in [-0.2, 0) is 11.3 Å². The molecule has 3 rings (SSSR count). The number of benzene rings is 2. The van der Waals surface area contributed by atoms with Gasteiger partial charge in [-0.1, -0.05) is 18.2 Å². The second-order valence-electron chi connectivity index (χ2n) is 5.81. The molecule has 0 bridgehead atoms. The first-order valence-electron chi connectivity index (χ1n) is 8.51. The van der Waals surface area contributed by atoms with Crippen LogP contribution in [0.2, 0.25) is 0 Å². The fraction of sp³-hybridized carbons (Fsp3) is 0.0476. The molecule has 1 aromatic heterocycles. The molecule has 6 nitrogen and oxygen atoms in total. The quantitative estimate of drug-likeness (QED) is 0.556. The van der Waals surface area contributed by atoms with E-state index in [1.807, 2.05) is 0 Å². The SMILES string of the molecule is O=C(/C=C/c1ccccc1F)Nc1ccc(NC(=O)NCc2ccco2)cc1. The van der Waals surface area contributed by atoms with E-state index in [2.05, 4.69) is 16.0 Å².